The Labute approximate surface area is 135 Å². The van der Waals surface area contributed by atoms with Crippen molar-refractivity contribution in [3.8, 4) is 0 Å². The SMILES string of the molecule is CCCc1cc(NC2CCc3ncnn3C2)c2ccccc2n1. The van der Waals surface area contributed by atoms with E-state index in [0.29, 0.717) is 6.04 Å². The molecule has 0 aliphatic carbocycles. The quantitative estimate of drug-likeness (QED) is 0.804. The molecule has 0 saturated carbocycles. The fraction of sp³-hybridized carbons (Fsp3) is 0.389. The zero-order valence-corrected chi connectivity index (χ0v) is 13.4. The van der Waals surface area contributed by atoms with Gasteiger partial charge in [0.15, 0.2) is 0 Å². The summed E-state index contributed by atoms with van der Waals surface area (Å²) in [5, 5.41) is 9.23. The monoisotopic (exact) mass is 307 g/mol. The summed E-state index contributed by atoms with van der Waals surface area (Å²) in [6, 6.07) is 11.0. The van der Waals surface area contributed by atoms with E-state index < -0.39 is 0 Å². The van der Waals surface area contributed by atoms with Crippen molar-refractivity contribution in [3.63, 3.8) is 0 Å². The van der Waals surface area contributed by atoms with E-state index >= 15 is 0 Å². The largest absolute Gasteiger partial charge is 0.380 e. The van der Waals surface area contributed by atoms with Crippen molar-refractivity contribution in [1.29, 1.82) is 0 Å². The standard InChI is InChI=1S/C18H21N5/c1-2-5-13-10-17(15-6-3-4-7-16(15)21-13)22-14-8-9-18-19-12-20-23(18)11-14/h3-4,6-7,10,12,14H,2,5,8-9,11H2,1H3,(H,21,22). The lowest BCUT2D eigenvalue weighted by Gasteiger charge is -2.25. The molecule has 118 valence electrons. The number of hydrogen-bond donors (Lipinski definition) is 1. The average Bonchev–Trinajstić information content (AvgIpc) is 3.03. The summed E-state index contributed by atoms with van der Waals surface area (Å²) in [6.07, 6.45) is 5.83. The number of para-hydroxylation sites is 1. The number of aromatic nitrogens is 4. The molecule has 5 heteroatoms. The van der Waals surface area contributed by atoms with Crippen LogP contribution in [0.5, 0.6) is 0 Å². The van der Waals surface area contributed by atoms with E-state index in [1.165, 1.54) is 11.1 Å². The van der Waals surface area contributed by atoms with Crippen molar-refractivity contribution in [3.05, 3.63) is 48.2 Å². The van der Waals surface area contributed by atoms with Gasteiger partial charge in [-0.1, -0.05) is 31.5 Å². The number of nitrogens with zero attached hydrogens (tertiary/aromatic N) is 4. The van der Waals surface area contributed by atoms with E-state index in [4.69, 9.17) is 4.98 Å². The number of aryl methyl sites for hydroxylation is 2. The Balaban J connectivity index is 1.65. The van der Waals surface area contributed by atoms with Crippen molar-refractivity contribution >= 4 is 16.6 Å². The number of hydrogen-bond acceptors (Lipinski definition) is 4. The van der Waals surface area contributed by atoms with Gasteiger partial charge in [-0.05, 0) is 25.0 Å². The summed E-state index contributed by atoms with van der Waals surface area (Å²) >= 11 is 0. The first-order chi connectivity index (χ1) is 11.3. The smallest absolute Gasteiger partial charge is 0.138 e. The Hall–Kier alpha value is -2.43. The van der Waals surface area contributed by atoms with Gasteiger partial charge in [-0.2, -0.15) is 5.10 Å². The number of pyridine rings is 1. The van der Waals surface area contributed by atoms with Gasteiger partial charge in [0.1, 0.15) is 12.2 Å². The maximum Gasteiger partial charge on any atom is 0.138 e. The van der Waals surface area contributed by atoms with Crippen molar-refractivity contribution < 1.29 is 0 Å². The number of fused-ring (bicyclic) bond motifs is 2. The van der Waals surface area contributed by atoms with Crippen LogP contribution in [0.2, 0.25) is 0 Å². The molecule has 1 aromatic carbocycles. The van der Waals surface area contributed by atoms with Crippen molar-refractivity contribution in [2.45, 2.75) is 45.2 Å². The van der Waals surface area contributed by atoms with Gasteiger partial charge < -0.3 is 5.32 Å². The van der Waals surface area contributed by atoms with Gasteiger partial charge in [-0.25, -0.2) is 9.67 Å². The maximum atomic E-state index is 4.78. The topological polar surface area (TPSA) is 55.6 Å². The van der Waals surface area contributed by atoms with Crippen molar-refractivity contribution in [2.75, 3.05) is 5.32 Å². The minimum absolute atomic E-state index is 0.379. The van der Waals surface area contributed by atoms with E-state index in [2.05, 4.69) is 52.7 Å². The summed E-state index contributed by atoms with van der Waals surface area (Å²) in [7, 11) is 0. The van der Waals surface area contributed by atoms with Gasteiger partial charge in [0, 0.05) is 29.2 Å². The summed E-state index contributed by atoms with van der Waals surface area (Å²) in [4.78, 5) is 9.08. The Kier molecular flexibility index (Phi) is 3.69. The third-order valence-corrected chi connectivity index (χ3v) is 4.44. The normalized spacial score (nSPS) is 17.2. The molecule has 0 spiro atoms. The first-order valence-corrected chi connectivity index (χ1v) is 8.35. The van der Waals surface area contributed by atoms with Crippen molar-refractivity contribution in [2.24, 2.45) is 0 Å². The van der Waals surface area contributed by atoms with Crippen LogP contribution in [-0.4, -0.2) is 25.8 Å². The van der Waals surface area contributed by atoms with Crippen LogP contribution in [-0.2, 0) is 19.4 Å². The summed E-state index contributed by atoms with van der Waals surface area (Å²) in [5.74, 6) is 1.09. The molecule has 4 rings (SSSR count). The maximum absolute atomic E-state index is 4.78. The molecule has 23 heavy (non-hydrogen) atoms. The number of rotatable bonds is 4. The van der Waals surface area contributed by atoms with E-state index in [-0.39, 0.29) is 0 Å². The highest BCUT2D eigenvalue weighted by Gasteiger charge is 2.20. The van der Waals surface area contributed by atoms with Gasteiger partial charge in [0.2, 0.25) is 0 Å². The Bertz CT molecular complexity index is 823. The Morgan fingerprint density at radius 3 is 3.13 bits per heavy atom. The number of anilines is 1. The third-order valence-electron chi connectivity index (χ3n) is 4.44. The van der Waals surface area contributed by atoms with Crippen LogP contribution in [0.15, 0.2) is 36.7 Å². The van der Waals surface area contributed by atoms with Crippen LogP contribution < -0.4 is 5.32 Å². The second-order valence-corrected chi connectivity index (χ2v) is 6.17. The third kappa shape index (κ3) is 2.79. The molecule has 0 radical (unpaired) electrons. The van der Waals surface area contributed by atoms with Crippen LogP contribution in [0.25, 0.3) is 10.9 Å². The Morgan fingerprint density at radius 1 is 1.30 bits per heavy atom. The molecule has 0 fully saturated rings. The first kappa shape index (κ1) is 14.2. The van der Waals surface area contributed by atoms with Gasteiger partial charge in [-0.15, -0.1) is 0 Å². The van der Waals surface area contributed by atoms with Gasteiger partial charge in [0.25, 0.3) is 0 Å². The molecule has 1 aliphatic heterocycles. The van der Waals surface area contributed by atoms with E-state index in [1.807, 2.05) is 4.68 Å². The fourth-order valence-corrected chi connectivity index (χ4v) is 3.31. The van der Waals surface area contributed by atoms with Gasteiger partial charge >= 0.3 is 0 Å². The molecule has 0 saturated heterocycles. The van der Waals surface area contributed by atoms with Crippen LogP contribution in [0.1, 0.15) is 31.3 Å². The molecular weight excluding hydrogens is 286 g/mol. The van der Waals surface area contributed by atoms with E-state index in [1.54, 1.807) is 6.33 Å². The highest BCUT2D eigenvalue weighted by Crippen LogP contribution is 2.26. The lowest BCUT2D eigenvalue weighted by molar-refractivity contribution is 0.441. The lowest BCUT2D eigenvalue weighted by Crippen LogP contribution is -2.32. The Morgan fingerprint density at radius 2 is 2.22 bits per heavy atom. The second-order valence-electron chi connectivity index (χ2n) is 6.17. The average molecular weight is 307 g/mol. The molecule has 3 aromatic rings. The number of benzene rings is 1. The molecule has 1 aliphatic rings. The van der Waals surface area contributed by atoms with E-state index in [0.717, 1.165) is 49.3 Å². The fourth-order valence-electron chi connectivity index (χ4n) is 3.31. The van der Waals surface area contributed by atoms with E-state index in [9.17, 15) is 0 Å². The molecule has 0 amide bonds. The molecule has 1 N–H and O–H groups in total. The molecule has 1 atom stereocenters. The van der Waals surface area contributed by atoms with Crippen LogP contribution in [0.3, 0.4) is 0 Å². The highest BCUT2D eigenvalue weighted by atomic mass is 15.3. The summed E-state index contributed by atoms with van der Waals surface area (Å²) in [6.45, 7) is 3.06. The molecule has 2 aromatic heterocycles. The van der Waals surface area contributed by atoms with Crippen molar-refractivity contribution in [1.82, 2.24) is 19.7 Å². The molecule has 0 bridgehead atoms. The predicted octanol–water partition coefficient (Wildman–Crippen LogP) is 3.21. The molecular formula is C18H21N5. The highest BCUT2D eigenvalue weighted by molar-refractivity contribution is 5.91. The first-order valence-electron chi connectivity index (χ1n) is 8.35. The van der Waals surface area contributed by atoms with Crippen LogP contribution in [0.4, 0.5) is 5.69 Å². The van der Waals surface area contributed by atoms with Crippen LogP contribution >= 0.6 is 0 Å². The molecule has 5 nitrogen and oxygen atoms in total. The summed E-state index contributed by atoms with van der Waals surface area (Å²) in [5.41, 5.74) is 3.41. The number of nitrogens with one attached hydrogen (secondary N) is 1. The molecule has 1 unspecified atom stereocenters. The second kappa shape index (κ2) is 5.99. The van der Waals surface area contributed by atoms with Gasteiger partial charge in [-0.3, -0.25) is 4.98 Å². The van der Waals surface area contributed by atoms with Gasteiger partial charge in [0.05, 0.1) is 12.1 Å². The summed E-state index contributed by atoms with van der Waals surface area (Å²) < 4.78 is 2.01. The zero-order chi connectivity index (χ0) is 15.6. The van der Waals surface area contributed by atoms with Crippen LogP contribution in [0, 0.1) is 0 Å². The predicted molar refractivity (Wildman–Crippen MR) is 91.5 cm³/mol. The molecule has 3 heterocycles. The lowest BCUT2D eigenvalue weighted by atomic mass is 10.1. The minimum Gasteiger partial charge on any atom is -0.380 e. The minimum atomic E-state index is 0.379. The zero-order valence-electron chi connectivity index (χ0n) is 13.4.